The molecule has 0 bridgehead atoms. The molecule has 3 nitrogen and oxygen atoms in total. The van der Waals surface area contributed by atoms with Gasteiger partial charge in [0.05, 0.1) is 5.03 Å². The highest BCUT2D eigenvalue weighted by Crippen LogP contribution is 2.20. The van der Waals surface area contributed by atoms with E-state index in [1.807, 2.05) is 36.7 Å². The first-order chi connectivity index (χ1) is 8.38. The molecule has 88 valence electrons. The summed E-state index contributed by atoms with van der Waals surface area (Å²) >= 11 is 1.72. The molecule has 0 saturated heterocycles. The number of thioether (sulfide) groups is 1. The van der Waals surface area contributed by atoms with Gasteiger partial charge in [-0.25, -0.2) is 9.97 Å². The third-order valence-electron chi connectivity index (χ3n) is 2.21. The minimum Gasteiger partial charge on any atom is -0.370 e. The molecule has 0 spiro atoms. The predicted octanol–water partition coefficient (Wildman–Crippen LogP) is 3.20. The Morgan fingerprint density at radius 3 is 2.76 bits per heavy atom. The van der Waals surface area contributed by atoms with E-state index in [-0.39, 0.29) is 0 Å². The first kappa shape index (κ1) is 11.9. The van der Waals surface area contributed by atoms with Crippen molar-refractivity contribution >= 4 is 17.6 Å². The van der Waals surface area contributed by atoms with E-state index in [0.717, 1.165) is 23.1 Å². The predicted molar refractivity (Wildman–Crippen MR) is 72.2 cm³/mol. The second-order valence-electron chi connectivity index (χ2n) is 3.54. The van der Waals surface area contributed by atoms with Crippen molar-refractivity contribution in [2.24, 2.45) is 0 Å². The second kappa shape index (κ2) is 6.25. The molecule has 0 aliphatic rings. The number of aromatic nitrogens is 2. The molecule has 2 aromatic heterocycles. The molecule has 17 heavy (non-hydrogen) atoms. The Kier molecular flexibility index (Phi) is 4.38. The van der Waals surface area contributed by atoms with E-state index in [9.17, 15) is 0 Å². The monoisotopic (exact) mass is 245 g/mol. The van der Waals surface area contributed by atoms with Crippen molar-refractivity contribution in [1.82, 2.24) is 9.97 Å². The minimum atomic E-state index is 0.898. The van der Waals surface area contributed by atoms with Crippen LogP contribution in [0.15, 0.2) is 47.8 Å². The lowest BCUT2D eigenvalue weighted by Crippen LogP contribution is -1.98. The molecule has 2 aromatic rings. The van der Waals surface area contributed by atoms with E-state index in [2.05, 4.69) is 28.3 Å². The molecule has 2 rings (SSSR count). The molecule has 0 amide bonds. The summed E-state index contributed by atoms with van der Waals surface area (Å²) in [5.74, 6) is 1.83. The number of hydrogen-bond acceptors (Lipinski definition) is 4. The smallest absolute Gasteiger partial charge is 0.125 e. The average Bonchev–Trinajstić information content (AvgIpc) is 2.40. The van der Waals surface area contributed by atoms with Gasteiger partial charge in [0.2, 0.25) is 0 Å². The van der Waals surface area contributed by atoms with Gasteiger partial charge in [0.15, 0.2) is 0 Å². The van der Waals surface area contributed by atoms with Gasteiger partial charge < -0.3 is 5.32 Å². The van der Waals surface area contributed by atoms with Crippen LogP contribution in [0, 0.1) is 0 Å². The number of hydrogen-bond donors (Lipinski definition) is 1. The summed E-state index contributed by atoms with van der Waals surface area (Å²) < 4.78 is 0. The molecule has 0 aromatic carbocycles. The zero-order valence-corrected chi connectivity index (χ0v) is 10.6. The highest BCUT2D eigenvalue weighted by atomic mass is 32.2. The highest BCUT2D eigenvalue weighted by molar-refractivity contribution is 7.98. The molecule has 4 heteroatoms. The van der Waals surface area contributed by atoms with Crippen LogP contribution >= 0.6 is 11.8 Å². The fourth-order valence-electron chi connectivity index (χ4n) is 1.39. The van der Waals surface area contributed by atoms with Crippen molar-refractivity contribution in [3.8, 4) is 0 Å². The summed E-state index contributed by atoms with van der Waals surface area (Å²) in [7, 11) is 0. The molecule has 0 aliphatic heterocycles. The van der Waals surface area contributed by atoms with E-state index in [1.54, 1.807) is 11.8 Å². The van der Waals surface area contributed by atoms with Crippen molar-refractivity contribution in [3.63, 3.8) is 0 Å². The van der Waals surface area contributed by atoms with E-state index >= 15 is 0 Å². The van der Waals surface area contributed by atoms with Crippen molar-refractivity contribution in [2.45, 2.75) is 17.7 Å². The van der Waals surface area contributed by atoms with Crippen LogP contribution in [0.2, 0.25) is 0 Å². The van der Waals surface area contributed by atoms with E-state index < -0.39 is 0 Å². The number of nitrogens with one attached hydrogen (secondary N) is 1. The van der Waals surface area contributed by atoms with Gasteiger partial charge in [-0.1, -0.05) is 12.1 Å². The van der Waals surface area contributed by atoms with Gasteiger partial charge in [-0.2, -0.15) is 0 Å². The van der Waals surface area contributed by atoms with Crippen LogP contribution in [0.4, 0.5) is 5.82 Å². The number of nitrogens with zero attached hydrogens (tertiary/aromatic N) is 2. The SMILES string of the molecule is CCNc1ccc(CSc2ccccn2)cn1. The Bertz CT molecular complexity index is 442. The molecule has 0 saturated carbocycles. The first-order valence-corrected chi connectivity index (χ1v) is 6.59. The Morgan fingerprint density at radius 1 is 1.18 bits per heavy atom. The topological polar surface area (TPSA) is 37.8 Å². The maximum atomic E-state index is 4.34. The summed E-state index contributed by atoms with van der Waals surface area (Å²) in [6, 6.07) is 10.1. The van der Waals surface area contributed by atoms with Crippen LogP contribution in [0.25, 0.3) is 0 Å². The van der Waals surface area contributed by atoms with Crippen molar-refractivity contribution in [2.75, 3.05) is 11.9 Å². The maximum Gasteiger partial charge on any atom is 0.125 e. The summed E-state index contributed by atoms with van der Waals surface area (Å²) in [5, 5.41) is 4.22. The lowest BCUT2D eigenvalue weighted by atomic mass is 10.3. The Morgan fingerprint density at radius 2 is 2.12 bits per heavy atom. The zero-order chi connectivity index (χ0) is 11.9. The van der Waals surface area contributed by atoms with Crippen molar-refractivity contribution in [3.05, 3.63) is 48.3 Å². The van der Waals surface area contributed by atoms with Gasteiger partial charge in [-0.3, -0.25) is 0 Å². The third kappa shape index (κ3) is 3.75. The first-order valence-electron chi connectivity index (χ1n) is 5.61. The third-order valence-corrected chi connectivity index (χ3v) is 3.22. The lowest BCUT2D eigenvalue weighted by Gasteiger charge is -2.04. The maximum absolute atomic E-state index is 4.34. The van der Waals surface area contributed by atoms with Gasteiger partial charge in [0, 0.05) is 24.7 Å². The number of anilines is 1. The molecular formula is C13H15N3S. The molecule has 0 fully saturated rings. The quantitative estimate of drug-likeness (QED) is 0.821. The molecule has 0 atom stereocenters. The summed E-state index contributed by atoms with van der Waals surface area (Å²) in [4.78, 5) is 8.61. The normalized spacial score (nSPS) is 10.2. The second-order valence-corrected chi connectivity index (χ2v) is 4.53. The Hall–Kier alpha value is -1.55. The molecule has 0 radical (unpaired) electrons. The standard InChI is InChI=1S/C13H15N3S/c1-2-14-12-7-6-11(9-16-12)10-17-13-5-3-4-8-15-13/h3-9H,2,10H2,1H3,(H,14,16). The number of pyridine rings is 2. The van der Waals surface area contributed by atoms with Crippen LogP contribution in [-0.4, -0.2) is 16.5 Å². The van der Waals surface area contributed by atoms with Gasteiger partial charge in [0.1, 0.15) is 5.82 Å². The fourth-order valence-corrected chi connectivity index (χ4v) is 2.18. The van der Waals surface area contributed by atoms with E-state index in [0.29, 0.717) is 0 Å². The van der Waals surface area contributed by atoms with Crippen molar-refractivity contribution < 1.29 is 0 Å². The zero-order valence-electron chi connectivity index (χ0n) is 9.76. The minimum absolute atomic E-state index is 0.898. The molecule has 1 N–H and O–H groups in total. The fraction of sp³-hybridized carbons (Fsp3) is 0.231. The highest BCUT2D eigenvalue weighted by Gasteiger charge is 1.98. The van der Waals surface area contributed by atoms with E-state index in [1.165, 1.54) is 5.56 Å². The Labute approximate surface area is 106 Å². The van der Waals surface area contributed by atoms with Crippen LogP contribution in [-0.2, 0) is 5.75 Å². The van der Waals surface area contributed by atoms with Crippen LogP contribution in [0.1, 0.15) is 12.5 Å². The molecule has 2 heterocycles. The van der Waals surface area contributed by atoms with Crippen LogP contribution < -0.4 is 5.32 Å². The number of rotatable bonds is 5. The molecule has 0 unspecified atom stereocenters. The van der Waals surface area contributed by atoms with Crippen LogP contribution in [0.3, 0.4) is 0 Å². The van der Waals surface area contributed by atoms with E-state index in [4.69, 9.17) is 0 Å². The van der Waals surface area contributed by atoms with Gasteiger partial charge in [-0.15, -0.1) is 11.8 Å². The van der Waals surface area contributed by atoms with Gasteiger partial charge in [0.25, 0.3) is 0 Å². The summed E-state index contributed by atoms with van der Waals surface area (Å²) in [6.45, 7) is 2.96. The van der Waals surface area contributed by atoms with Gasteiger partial charge in [-0.05, 0) is 30.7 Å². The largest absolute Gasteiger partial charge is 0.370 e. The summed E-state index contributed by atoms with van der Waals surface area (Å²) in [6.07, 6.45) is 3.72. The average molecular weight is 245 g/mol. The Balaban J connectivity index is 1.91. The van der Waals surface area contributed by atoms with Crippen LogP contribution in [0.5, 0.6) is 0 Å². The molecule has 0 aliphatic carbocycles. The lowest BCUT2D eigenvalue weighted by molar-refractivity contribution is 1.12. The molecular weight excluding hydrogens is 230 g/mol. The van der Waals surface area contributed by atoms with Gasteiger partial charge >= 0.3 is 0 Å². The van der Waals surface area contributed by atoms with Crippen molar-refractivity contribution in [1.29, 1.82) is 0 Å². The summed E-state index contributed by atoms with van der Waals surface area (Å²) in [5.41, 5.74) is 1.21.